The standard InChI is InChI=1S/C6H13N3O/c1-5(9(3)4)8-6(2)10-7/h1,7H2,2-4H3. The monoisotopic (exact) mass is 143 g/mol. The fourth-order valence-corrected chi connectivity index (χ4v) is 0.308. The predicted molar refractivity (Wildman–Crippen MR) is 41.2 cm³/mol. The summed E-state index contributed by atoms with van der Waals surface area (Å²) < 4.78 is 0. The van der Waals surface area contributed by atoms with Gasteiger partial charge in [0.25, 0.3) is 0 Å². The summed E-state index contributed by atoms with van der Waals surface area (Å²) in [6.45, 7) is 5.31. The Morgan fingerprint density at radius 3 is 2.40 bits per heavy atom. The molecule has 0 radical (unpaired) electrons. The molecule has 0 heterocycles. The molecule has 2 N–H and O–H groups in total. The van der Waals surface area contributed by atoms with Crippen LogP contribution in [-0.4, -0.2) is 24.9 Å². The molecule has 58 valence electrons. The van der Waals surface area contributed by atoms with Gasteiger partial charge in [0.15, 0.2) is 0 Å². The second kappa shape index (κ2) is 3.90. The highest BCUT2D eigenvalue weighted by Gasteiger charge is 1.93. The van der Waals surface area contributed by atoms with E-state index >= 15 is 0 Å². The van der Waals surface area contributed by atoms with E-state index in [1.807, 2.05) is 14.1 Å². The van der Waals surface area contributed by atoms with Crippen LogP contribution in [0.3, 0.4) is 0 Å². The molecule has 0 saturated heterocycles. The van der Waals surface area contributed by atoms with Gasteiger partial charge in [0, 0.05) is 21.0 Å². The van der Waals surface area contributed by atoms with Gasteiger partial charge in [-0.2, -0.15) is 10.9 Å². The normalized spacial score (nSPS) is 11.0. The highest BCUT2D eigenvalue weighted by atomic mass is 16.6. The summed E-state index contributed by atoms with van der Waals surface area (Å²) in [6.07, 6.45) is 0. The predicted octanol–water partition coefficient (Wildman–Crippen LogP) is 0.328. The first-order valence-corrected chi connectivity index (χ1v) is 2.86. The minimum Gasteiger partial charge on any atom is -0.396 e. The molecular formula is C6H13N3O. The maximum absolute atomic E-state index is 4.83. The number of nitrogens with zero attached hydrogens (tertiary/aromatic N) is 2. The van der Waals surface area contributed by atoms with Gasteiger partial charge in [-0.1, -0.05) is 6.58 Å². The summed E-state index contributed by atoms with van der Waals surface area (Å²) in [5, 5.41) is 0. The van der Waals surface area contributed by atoms with E-state index in [0.29, 0.717) is 11.7 Å². The lowest BCUT2D eigenvalue weighted by Crippen LogP contribution is -2.12. The van der Waals surface area contributed by atoms with E-state index in [9.17, 15) is 0 Å². The number of hydrogen-bond donors (Lipinski definition) is 1. The lowest BCUT2D eigenvalue weighted by molar-refractivity contribution is 0.315. The Labute approximate surface area is 60.9 Å². The van der Waals surface area contributed by atoms with Gasteiger partial charge < -0.3 is 9.74 Å². The minimum atomic E-state index is 0.402. The van der Waals surface area contributed by atoms with Crippen molar-refractivity contribution in [2.75, 3.05) is 14.1 Å². The molecule has 0 amide bonds. The van der Waals surface area contributed by atoms with Crippen molar-refractivity contribution in [2.24, 2.45) is 10.9 Å². The second-order valence-corrected chi connectivity index (χ2v) is 2.06. The molecule has 0 aromatic carbocycles. The molecule has 0 aromatic heterocycles. The molecule has 0 fully saturated rings. The molecule has 10 heavy (non-hydrogen) atoms. The van der Waals surface area contributed by atoms with E-state index in [4.69, 9.17) is 5.90 Å². The zero-order valence-corrected chi connectivity index (χ0v) is 6.59. The maximum Gasteiger partial charge on any atom is 0.212 e. The first kappa shape index (κ1) is 8.97. The van der Waals surface area contributed by atoms with E-state index in [1.165, 1.54) is 0 Å². The van der Waals surface area contributed by atoms with E-state index in [0.717, 1.165) is 0 Å². The number of hydrogen-bond acceptors (Lipinski definition) is 4. The number of nitrogens with two attached hydrogens (primary N) is 1. The molecule has 0 atom stereocenters. The molecule has 0 aliphatic heterocycles. The average molecular weight is 143 g/mol. The average Bonchev–Trinajstić information content (AvgIpc) is 1.87. The van der Waals surface area contributed by atoms with E-state index in [1.54, 1.807) is 11.8 Å². The van der Waals surface area contributed by atoms with Gasteiger partial charge in [-0.05, 0) is 0 Å². The highest BCUT2D eigenvalue weighted by Crippen LogP contribution is 1.95. The Morgan fingerprint density at radius 2 is 2.10 bits per heavy atom. The van der Waals surface area contributed by atoms with Crippen molar-refractivity contribution in [3.05, 3.63) is 12.4 Å². The lowest BCUT2D eigenvalue weighted by atomic mass is 10.7. The summed E-state index contributed by atoms with van der Waals surface area (Å²) in [5.74, 6) is 5.85. The zero-order valence-electron chi connectivity index (χ0n) is 6.59. The fourth-order valence-electron chi connectivity index (χ4n) is 0.308. The van der Waals surface area contributed by atoms with Crippen LogP contribution in [0.25, 0.3) is 0 Å². The van der Waals surface area contributed by atoms with Crippen LogP contribution in [0.2, 0.25) is 0 Å². The van der Waals surface area contributed by atoms with Gasteiger partial charge in [0.1, 0.15) is 5.82 Å². The van der Waals surface area contributed by atoms with Gasteiger partial charge in [-0.3, -0.25) is 0 Å². The molecule has 0 aliphatic carbocycles. The topological polar surface area (TPSA) is 50.9 Å². The second-order valence-electron chi connectivity index (χ2n) is 2.06. The van der Waals surface area contributed by atoms with Gasteiger partial charge in [0.2, 0.25) is 5.90 Å². The molecule has 0 spiro atoms. The zero-order chi connectivity index (χ0) is 8.15. The molecule has 0 unspecified atom stereocenters. The Hall–Kier alpha value is -1.03. The summed E-state index contributed by atoms with van der Waals surface area (Å²) in [7, 11) is 3.69. The van der Waals surface area contributed by atoms with Gasteiger partial charge in [0.05, 0.1) is 0 Å². The maximum atomic E-state index is 4.83. The molecule has 0 aliphatic rings. The third-order valence-electron chi connectivity index (χ3n) is 0.973. The van der Waals surface area contributed by atoms with Gasteiger partial charge in [-0.15, -0.1) is 0 Å². The first-order valence-electron chi connectivity index (χ1n) is 2.86. The summed E-state index contributed by atoms with van der Waals surface area (Å²) in [5.41, 5.74) is 0. The van der Waals surface area contributed by atoms with Crippen molar-refractivity contribution in [1.82, 2.24) is 4.90 Å². The van der Waals surface area contributed by atoms with Crippen LogP contribution in [0.4, 0.5) is 0 Å². The van der Waals surface area contributed by atoms with Crippen LogP contribution in [0.1, 0.15) is 6.92 Å². The molecule has 4 nitrogen and oxygen atoms in total. The summed E-state index contributed by atoms with van der Waals surface area (Å²) >= 11 is 0. The van der Waals surface area contributed by atoms with Crippen LogP contribution in [0.5, 0.6) is 0 Å². The van der Waals surface area contributed by atoms with Crippen LogP contribution in [0.15, 0.2) is 17.4 Å². The van der Waals surface area contributed by atoms with Crippen LogP contribution in [-0.2, 0) is 4.84 Å². The van der Waals surface area contributed by atoms with Crippen LogP contribution >= 0.6 is 0 Å². The van der Waals surface area contributed by atoms with Crippen molar-refractivity contribution in [1.29, 1.82) is 0 Å². The van der Waals surface area contributed by atoms with Crippen molar-refractivity contribution in [3.63, 3.8) is 0 Å². The van der Waals surface area contributed by atoms with Crippen molar-refractivity contribution in [2.45, 2.75) is 6.92 Å². The molecule has 4 heteroatoms. The summed E-state index contributed by atoms with van der Waals surface area (Å²) in [4.78, 5) is 10.00. The highest BCUT2D eigenvalue weighted by molar-refractivity contribution is 5.73. The smallest absolute Gasteiger partial charge is 0.212 e. The largest absolute Gasteiger partial charge is 0.396 e. The number of rotatable bonds is 2. The van der Waals surface area contributed by atoms with Crippen LogP contribution < -0.4 is 5.90 Å². The number of aliphatic imine (C=N–C) groups is 1. The van der Waals surface area contributed by atoms with Crippen molar-refractivity contribution in [3.8, 4) is 0 Å². The first-order chi connectivity index (χ1) is 4.57. The Kier molecular flexibility index (Phi) is 3.49. The summed E-state index contributed by atoms with van der Waals surface area (Å²) in [6, 6.07) is 0. The Morgan fingerprint density at radius 1 is 1.60 bits per heavy atom. The fraction of sp³-hybridized carbons (Fsp3) is 0.500. The van der Waals surface area contributed by atoms with E-state index in [-0.39, 0.29) is 0 Å². The third kappa shape index (κ3) is 3.09. The third-order valence-corrected chi connectivity index (χ3v) is 0.973. The van der Waals surface area contributed by atoms with Gasteiger partial charge in [-0.25, -0.2) is 0 Å². The van der Waals surface area contributed by atoms with Crippen molar-refractivity contribution < 1.29 is 4.84 Å². The van der Waals surface area contributed by atoms with Gasteiger partial charge >= 0.3 is 0 Å². The molecule has 0 rings (SSSR count). The Bertz CT molecular complexity index is 151. The van der Waals surface area contributed by atoms with E-state index in [2.05, 4.69) is 16.4 Å². The van der Waals surface area contributed by atoms with Crippen LogP contribution in [0, 0.1) is 0 Å². The molecule has 0 bridgehead atoms. The lowest BCUT2D eigenvalue weighted by Gasteiger charge is -2.10. The Balaban J connectivity index is 4.00. The molecule has 0 saturated carbocycles. The molecule has 0 aromatic rings. The quantitative estimate of drug-likeness (QED) is 0.344. The SMILES string of the molecule is C=C(N=C(C)ON)N(C)C. The van der Waals surface area contributed by atoms with E-state index < -0.39 is 0 Å². The molecular weight excluding hydrogens is 130 g/mol. The minimum absolute atomic E-state index is 0.402. The van der Waals surface area contributed by atoms with Crippen molar-refractivity contribution >= 4 is 5.90 Å².